The van der Waals surface area contributed by atoms with E-state index in [4.69, 9.17) is 15.2 Å². The summed E-state index contributed by atoms with van der Waals surface area (Å²) in [5.41, 5.74) is 5.91. The van der Waals surface area contributed by atoms with Crippen molar-refractivity contribution in [3.8, 4) is 17.4 Å². The zero-order chi connectivity index (χ0) is 14.7. The lowest BCUT2D eigenvalue weighted by Gasteiger charge is -2.08. The molecule has 104 valence electrons. The zero-order valence-corrected chi connectivity index (χ0v) is 10.9. The monoisotopic (exact) mass is 276 g/mol. The molecule has 0 saturated carbocycles. The van der Waals surface area contributed by atoms with Gasteiger partial charge in [-0.05, 0) is 13.0 Å². The highest BCUT2D eigenvalue weighted by Gasteiger charge is 2.17. The Bertz CT molecular complexity index is 640. The van der Waals surface area contributed by atoms with Crippen LogP contribution in [0.1, 0.15) is 5.69 Å². The number of aromatic nitrogens is 2. The molecule has 20 heavy (non-hydrogen) atoms. The van der Waals surface area contributed by atoms with E-state index in [2.05, 4.69) is 9.97 Å². The first kappa shape index (κ1) is 13.5. The Labute approximate surface area is 114 Å². The van der Waals surface area contributed by atoms with Crippen LogP contribution in [-0.2, 0) is 0 Å². The van der Waals surface area contributed by atoms with Crippen LogP contribution in [0.4, 0.5) is 11.6 Å². The van der Waals surface area contributed by atoms with Gasteiger partial charge >= 0.3 is 5.69 Å². The fourth-order valence-electron chi connectivity index (χ4n) is 1.58. The molecular weight excluding hydrogens is 264 g/mol. The lowest BCUT2D eigenvalue weighted by molar-refractivity contribution is -0.385. The maximum atomic E-state index is 11.0. The maximum Gasteiger partial charge on any atom is 0.311 e. The number of benzene rings is 1. The number of methoxy groups -OCH3 is 1. The molecule has 0 aliphatic carbocycles. The predicted molar refractivity (Wildman–Crippen MR) is 70.9 cm³/mol. The Morgan fingerprint density at radius 3 is 2.65 bits per heavy atom. The average Bonchev–Trinajstić information content (AvgIpc) is 2.37. The van der Waals surface area contributed by atoms with E-state index >= 15 is 0 Å². The zero-order valence-electron chi connectivity index (χ0n) is 10.9. The number of nitro benzene ring substituents is 1. The van der Waals surface area contributed by atoms with E-state index in [1.165, 1.54) is 31.4 Å². The fourth-order valence-corrected chi connectivity index (χ4v) is 1.58. The summed E-state index contributed by atoms with van der Waals surface area (Å²) in [4.78, 5) is 18.2. The van der Waals surface area contributed by atoms with E-state index in [1.807, 2.05) is 0 Å². The van der Waals surface area contributed by atoms with Crippen LogP contribution < -0.4 is 15.2 Å². The number of nitrogens with zero attached hydrogens (tertiary/aromatic N) is 3. The van der Waals surface area contributed by atoms with Gasteiger partial charge in [-0.3, -0.25) is 10.1 Å². The lowest BCUT2D eigenvalue weighted by Crippen LogP contribution is -2.00. The van der Waals surface area contributed by atoms with Crippen LogP contribution >= 0.6 is 0 Å². The summed E-state index contributed by atoms with van der Waals surface area (Å²) in [7, 11) is 1.46. The molecule has 0 amide bonds. The van der Waals surface area contributed by atoms with Gasteiger partial charge in [0.25, 0.3) is 0 Å². The van der Waals surface area contributed by atoms with Crippen LogP contribution in [0.5, 0.6) is 17.4 Å². The molecule has 1 aromatic heterocycles. The van der Waals surface area contributed by atoms with Crippen molar-refractivity contribution in [3.05, 3.63) is 40.1 Å². The van der Waals surface area contributed by atoms with Gasteiger partial charge in [-0.15, -0.1) is 0 Å². The van der Waals surface area contributed by atoms with E-state index in [9.17, 15) is 10.1 Å². The van der Waals surface area contributed by atoms with E-state index in [0.717, 1.165) is 0 Å². The average molecular weight is 276 g/mol. The van der Waals surface area contributed by atoms with Gasteiger partial charge in [0, 0.05) is 23.9 Å². The molecule has 0 bridgehead atoms. The summed E-state index contributed by atoms with van der Waals surface area (Å²) in [5.74, 6) is 0.619. The SMILES string of the molecule is COc1ccc([N+](=O)[O-])c(Oc2cc(C)nc(N)n2)c1. The van der Waals surface area contributed by atoms with E-state index in [0.29, 0.717) is 11.4 Å². The Kier molecular flexibility index (Phi) is 3.65. The van der Waals surface area contributed by atoms with Gasteiger partial charge in [0.2, 0.25) is 17.6 Å². The molecule has 0 saturated heterocycles. The van der Waals surface area contributed by atoms with Gasteiger partial charge in [0.1, 0.15) is 5.75 Å². The lowest BCUT2D eigenvalue weighted by atomic mass is 10.3. The first-order chi connectivity index (χ1) is 9.49. The predicted octanol–water partition coefficient (Wildman–Crippen LogP) is 2.08. The number of ether oxygens (including phenoxy) is 2. The Balaban J connectivity index is 2.42. The molecule has 0 radical (unpaired) electrons. The molecule has 0 aliphatic rings. The quantitative estimate of drug-likeness (QED) is 0.671. The van der Waals surface area contributed by atoms with Gasteiger partial charge in [0.05, 0.1) is 12.0 Å². The summed E-state index contributed by atoms with van der Waals surface area (Å²) in [5, 5.41) is 11.0. The summed E-state index contributed by atoms with van der Waals surface area (Å²) in [6.07, 6.45) is 0. The standard InChI is InChI=1S/C12H12N4O4/c1-7-5-11(15-12(13)14-7)20-10-6-8(19-2)3-4-9(10)16(17)18/h3-6H,1-2H3,(H2,13,14,15). The molecule has 0 spiro atoms. The third kappa shape index (κ3) is 2.91. The molecule has 2 rings (SSSR count). The van der Waals surface area contributed by atoms with Crippen LogP contribution in [0.2, 0.25) is 0 Å². The second-order valence-corrected chi connectivity index (χ2v) is 3.90. The Morgan fingerprint density at radius 1 is 1.30 bits per heavy atom. The Hall–Kier alpha value is -2.90. The summed E-state index contributed by atoms with van der Waals surface area (Å²) >= 11 is 0. The van der Waals surface area contributed by atoms with Crippen LogP contribution in [-0.4, -0.2) is 22.0 Å². The van der Waals surface area contributed by atoms with Gasteiger partial charge < -0.3 is 15.2 Å². The third-order valence-electron chi connectivity index (χ3n) is 2.43. The van der Waals surface area contributed by atoms with Gasteiger partial charge in [-0.2, -0.15) is 4.98 Å². The van der Waals surface area contributed by atoms with Crippen molar-refractivity contribution in [2.45, 2.75) is 6.92 Å². The van der Waals surface area contributed by atoms with Gasteiger partial charge in [-0.25, -0.2) is 4.98 Å². The van der Waals surface area contributed by atoms with Crippen molar-refractivity contribution in [1.29, 1.82) is 0 Å². The van der Waals surface area contributed by atoms with Crippen LogP contribution in [0.3, 0.4) is 0 Å². The third-order valence-corrected chi connectivity index (χ3v) is 2.43. The fraction of sp³-hybridized carbons (Fsp3) is 0.167. The topological polar surface area (TPSA) is 113 Å². The molecular formula is C12H12N4O4. The van der Waals surface area contributed by atoms with Crippen molar-refractivity contribution >= 4 is 11.6 Å². The van der Waals surface area contributed by atoms with Crippen molar-refractivity contribution in [3.63, 3.8) is 0 Å². The molecule has 8 nitrogen and oxygen atoms in total. The molecule has 8 heteroatoms. The minimum absolute atomic E-state index is 0.0202. The molecule has 0 aliphatic heterocycles. The second kappa shape index (κ2) is 5.39. The summed E-state index contributed by atoms with van der Waals surface area (Å²) in [6.45, 7) is 1.71. The number of anilines is 1. The van der Waals surface area contributed by atoms with E-state index < -0.39 is 4.92 Å². The first-order valence-corrected chi connectivity index (χ1v) is 5.61. The first-order valence-electron chi connectivity index (χ1n) is 5.61. The number of nitrogen functional groups attached to an aromatic ring is 1. The highest BCUT2D eigenvalue weighted by Crippen LogP contribution is 2.34. The molecule has 0 atom stereocenters. The van der Waals surface area contributed by atoms with E-state index in [1.54, 1.807) is 6.92 Å². The summed E-state index contributed by atoms with van der Waals surface area (Å²) in [6, 6.07) is 5.71. The van der Waals surface area contributed by atoms with E-state index in [-0.39, 0.29) is 23.3 Å². The van der Waals surface area contributed by atoms with Gasteiger partial charge in [-0.1, -0.05) is 0 Å². The molecule has 1 aromatic carbocycles. The van der Waals surface area contributed by atoms with Crippen molar-refractivity contribution in [2.24, 2.45) is 0 Å². The second-order valence-electron chi connectivity index (χ2n) is 3.90. The smallest absolute Gasteiger partial charge is 0.311 e. The Morgan fingerprint density at radius 2 is 2.05 bits per heavy atom. The molecule has 2 N–H and O–H groups in total. The highest BCUT2D eigenvalue weighted by molar-refractivity contribution is 5.52. The maximum absolute atomic E-state index is 11.0. The minimum atomic E-state index is -0.549. The van der Waals surface area contributed by atoms with Crippen molar-refractivity contribution in [1.82, 2.24) is 9.97 Å². The minimum Gasteiger partial charge on any atom is -0.497 e. The van der Waals surface area contributed by atoms with Crippen molar-refractivity contribution in [2.75, 3.05) is 12.8 Å². The highest BCUT2D eigenvalue weighted by atomic mass is 16.6. The number of nitro groups is 1. The number of hydrogen-bond donors (Lipinski definition) is 1. The van der Waals surface area contributed by atoms with Crippen LogP contribution in [0.25, 0.3) is 0 Å². The number of rotatable bonds is 4. The number of nitrogens with two attached hydrogens (primary N) is 1. The van der Waals surface area contributed by atoms with Crippen LogP contribution in [0.15, 0.2) is 24.3 Å². The van der Waals surface area contributed by atoms with Crippen LogP contribution in [0, 0.1) is 17.0 Å². The number of aryl methyl sites for hydroxylation is 1. The normalized spacial score (nSPS) is 10.1. The van der Waals surface area contributed by atoms with Crippen molar-refractivity contribution < 1.29 is 14.4 Å². The summed E-state index contributed by atoms with van der Waals surface area (Å²) < 4.78 is 10.4. The molecule has 2 aromatic rings. The molecule has 0 unspecified atom stereocenters. The number of hydrogen-bond acceptors (Lipinski definition) is 7. The van der Waals surface area contributed by atoms with Gasteiger partial charge in [0.15, 0.2) is 0 Å². The molecule has 0 fully saturated rings. The largest absolute Gasteiger partial charge is 0.497 e. The molecule has 1 heterocycles.